The first-order valence-electron chi connectivity index (χ1n) is 10.1. The second kappa shape index (κ2) is 7.97. The van der Waals surface area contributed by atoms with Crippen LogP contribution in [-0.2, 0) is 9.59 Å². The van der Waals surface area contributed by atoms with Crippen LogP contribution in [-0.4, -0.2) is 46.2 Å². The lowest BCUT2D eigenvalue weighted by Gasteiger charge is -2.39. The topological polar surface area (TPSA) is 53.5 Å². The van der Waals surface area contributed by atoms with Crippen LogP contribution in [0.3, 0.4) is 0 Å². The van der Waals surface area contributed by atoms with E-state index in [9.17, 15) is 9.59 Å². The Kier molecular flexibility index (Phi) is 5.43. The highest BCUT2D eigenvalue weighted by Crippen LogP contribution is 2.37. The Balaban J connectivity index is 1.54. The predicted octanol–water partition coefficient (Wildman–Crippen LogP) is 4.00. The van der Waals surface area contributed by atoms with Gasteiger partial charge in [-0.2, -0.15) is 0 Å². The van der Waals surface area contributed by atoms with E-state index >= 15 is 0 Å². The van der Waals surface area contributed by atoms with Crippen LogP contribution in [0.2, 0.25) is 0 Å². The summed E-state index contributed by atoms with van der Waals surface area (Å²) in [5.41, 5.74) is 1.02. The van der Waals surface area contributed by atoms with Crippen LogP contribution < -0.4 is 0 Å². The molecule has 2 saturated heterocycles. The van der Waals surface area contributed by atoms with Crippen molar-refractivity contribution in [1.82, 2.24) is 14.8 Å². The molecule has 2 aliphatic heterocycles. The molecule has 2 atom stereocenters. The van der Waals surface area contributed by atoms with Crippen molar-refractivity contribution in [2.75, 3.05) is 19.6 Å². The number of benzene rings is 1. The number of para-hydroxylation sites is 1. The van der Waals surface area contributed by atoms with Gasteiger partial charge in [-0.05, 0) is 44.2 Å². The van der Waals surface area contributed by atoms with E-state index < -0.39 is 0 Å². The third-order valence-electron chi connectivity index (χ3n) is 5.81. The van der Waals surface area contributed by atoms with Crippen LogP contribution in [0, 0.1) is 5.92 Å². The highest BCUT2D eigenvalue weighted by molar-refractivity contribution is 7.18. The van der Waals surface area contributed by atoms with Gasteiger partial charge in [0, 0.05) is 26.1 Å². The summed E-state index contributed by atoms with van der Waals surface area (Å²) in [6.07, 6.45) is 5.49. The second-order valence-electron chi connectivity index (χ2n) is 7.60. The number of hydrogen-bond donors (Lipinski definition) is 0. The summed E-state index contributed by atoms with van der Waals surface area (Å²) < 4.78 is 1.18. The normalized spacial score (nSPS) is 23.6. The largest absolute Gasteiger partial charge is 0.342 e. The van der Waals surface area contributed by atoms with Gasteiger partial charge in [-0.25, -0.2) is 4.98 Å². The predicted molar refractivity (Wildman–Crippen MR) is 108 cm³/mol. The smallest absolute Gasteiger partial charge is 0.228 e. The fraction of sp³-hybridized carbons (Fsp3) is 0.571. The van der Waals surface area contributed by atoms with Gasteiger partial charge in [-0.3, -0.25) is 9.59 Å². The maximum absolute atomic E-state index is 13.4. The van der Waals surface area contributed by atoms with Crippen molar-refractivity contribution in [3.63, 3.8) is 0 Å². The molecule has 2 aliphatic rings. The van der Waals surface area contributed by atoms with E-state index in [1.54, 1.807) is 11.3 Å². The average molecular weight is 386 g/mol. The number of likely N-dealkylation sites (tertiary alicyclic amines) is 2. The number of rotatable bonds is 3. The molecule has 1 aromatic carbocycles. The molecule has 27 heavy (non-hydrogen) atoms. The second-order valence-corrected chi connectivity index (χ2v) is 8.66. The van der Waals surface area contributed by atoms with Crippen LogP contribution >= 0.6 is 11.3 Å². The zero-order chi connectivity index (χ0) is 18.8. The third kappa shape index (κ3) is 3.72. The maximum Gasteiger partial charge on any atom is 0.228 e. The number of carbonyl (C=O) groups excluding carboxylic acids is 2. The molecular weight excluding hydrogens is 358 g/mol. The number of piperidine rings is 2. The first-order chi connectivity index (χ1) is 13.2. The Morgan fingerprint density at radius 3 is 2.81 bits per heavy atom. The van der Waals surface area contributed by atoms with Crippen molar-refractivity contribution in [2.24, 2.45) is 5.92 Å². The first-order valence-corrected chi connectivity index (χ1v) is 10.9. The van der Waals surface area contributed by atoms with E-state index in [0.29, 0.717) is 13.0 Å². The van der Waals surface area contributed by atoms with E-state index in [-0.39, 0.29) is 23.8 Å². The molecule has 2 unspecified atom stereocenters. The van der Waals surface area contributed by atoms with Crippen molar-refractivity contribution in [1.29, 1.82) is 0 Å². The first kappa shape index (κ1) is 18.4. The quantitative estimate of drug-likeness (QED) is 0.802. The molecule has 2 fully saturated rings. The molecule has 3 heterocycles. The Hall–Kier alpha value is -1.95. The minimum absolute atomic E-state index is 0.0655. The van der Waals surface area contributed by atoms with Gasteiger partial charge in [-0.1, -0.05) is 19.1 Å². The van der Waals surface area contributed by atoms with Crippen molar-refractivity contribution < 1.29 is 9.59 Å². The molecule has 144 valence electrons. The molecule has 0 saturated carbocycles. The number of carbonyl (C=O) groups is 2. The molecule has 0 aliphatic carbocycles. The SMILES string of the molecule is CCC(=O)N1CCCC(C(=O)N2CCCCC2c2nc3ccccc3s2)C1. The van der Waals surface area contributed by atoms with Crippen LogP contribution in [0.15, 0.2) is 24.3 Å². The van der Waals surface area contributed by atoms with Gasteiger partial charge in [0.15, 0.2) is 0 Å². The minimum atomic E-state index is -0.0655. The molecule has 0 radical (unpaired) electrons. The van der Waals surface area contributed by atoms with Crippen molar-refractivity contribution >= 4 is 33.4 Å². The molecule has 0 bridgehead atoms. The summed E-state index contributed by atoms with van der Waals surface area (Å²) in [5.74, 6) is 0.311. The molecule has 6 heteroatoms. The highest BCUT2D eigenvalue weighted by Gasteiger charge is 2.36. The zero-order valence-electron chi connectivity index (χ0n) is 15.9. The summed E-state index contributed by atoms with van der Waals surface area (Å²) in [7, 11) is 0. The fourth-order valence-electron chi connectivity index (χ4n) is 4.35. The van der Waals surface area contributed by atoms with Gasteiger partial charge in [0.05, 0.1) is 22.2 Å². The molecular formula is C21H27N3O2S. The number of aromatic nitrogens is 1. The van der Waals surface area contributed by atoms with E-state index in [1.165, 1.54) is 4.70 Å². The summed E-state index contributed by atoms with van der Waals surface area (Å²) in [6.45, 7) is 4.06. The Labute approximate surface area is 164 Å². The van der Waals surface area contributed by atoms with E-state index in [0.717, 1.165) is 55.7 Å². The number of nitrogens with zero attached hydrogens (tertiary/aromatic N) is 3. The minimum Gasteiger partial charge on any atom is -0.342 e. The van der Waals surface area contributed by atoms with E-state index in [1.807, 2.05) is 30.0 Å². The van der Waals surface area contributed by atoms with Crippen molar-refractivity contribution in [2.45, 2.75) is 51.5 Å². The van der Waals surface area contributed by atoms with Gasteiger partial charge in [0.1, 0.15) is 5.01 Å². The maximum atomic E-state index is 13.4. The molecule has 5 nitrogen and oxygen atoms in total. The van der Waals surface area contributed by atoms with Crippen LogP contribution in [0.5, 0.6) is 0 Å². The fourth-order valence-corrected chi connectivity index (χ4v) is 5.46. The third-order valence-corrected chi connectivity index (χ3v) is 6.94. The lowest BCUT2D eigenvalue weighted by Crippen LogP contribution is -2.48. The standard InChI is InChI=1S/C21H27N3O2S/c1-2-19(25)23-12-7-8-15(14-23)21(26)24-13-6-5-10-17(24)20-22-16-9-3-4-11-18(16)27-20/h3-4,9,11,15,17H,2,5-8,10,12-14H2,1H3. The Bertz CT molecular complexity index is 801. The van der Waals surface area contributed by atoms with Crippen molar-refractivity contribution in [3.8, 4) is 0 Å². The van der Waals surface area contributed by atoms with Gasteiger partial charge < -0.3 is 9.80 Å². The lowest BCUT2D eigenvalue weighted by molar-refractivity contribution is -0.143. The Morgan fingerprint density at radius 1 is 1.15 bits per heavy atom. The summed E-state index contributed by atoms with van der Waals surface area (Å²) in [5, 5.41) is 1.06. The number of amides is 2. The molecule has 4 rings (SSSR count). The van der Waals surface area contributed by atoms with Crippen LogP contribution in [0.1, 0.15) is 56.5 Å². The average Bonchev–Trinajstić information content (AvgIpc) is 3.17. The van der Waals surface area contributed by atoms with Crippen molar-refractivity contribution in [3.05, 3.63) is 29.3 Å². The van der Waals surface area contributed by atoms with Gasteiger partial charge >= 0.3 is 0 Å². The molecule has 2 aromatic rings. The van der Waals surface area contributed by atoms with Gasteiger partial charge in [0.25, 0.3) is 0 Å². The van der Waals surface area contributed by atoms with Crippen LogP contribution in [0.4, 0.5) is 0 Å². The van der Waals surface area contributed by atoms with Gasteiger partial charge in [-0.15, -0.1) is 11.3 Å². The summed E-state index contributed by atoms with van der Waals surface area (Å²) in [6, 6.07) is 8.27. The molecule has 0 spiro atoms. The zero-order valence-corrected chi connectivity index (χ0v) is 16.7. The highest BCUT2D eigenvalue weighted by atomic mass is 32.1. The summed E-state index contributed by atoms with van der Waals surface area (Å²) >= 11 is 1.71. The monoisotopic (exact) mass is 385 g/mol. The number of hydrogen-bond acceptors (Lipinski definition) is 4. The Morgan fingerprint density at radius 2 is 2.00 bits per heavy atom. The lowest BCUT2D eigenvalue weighted by atomic mass is 9.93. The molecule has 0 N–H and O–H groups in total. The number of thiazole rings is 1. The number of fused-ring (bicyclic) bond motifs is 1. The van der Waals surface area contributed by atoms with Crippen LogP contribution in [0.25, 0.3) is 10.2 Å². The molecule has 2 amide bonds. The molecule has 1 aromatic heterocycles. The van der Waals surface area contributed by atoms with E-state index in [4.69, 9.17) is 4.98 Å². The van der Waals surface area contributed by atoms with E-state index in [2.05, 4.69) is 11.0 Å². The van der Waals surface area contributed by atoms with Gasteiger partial charge in [0.2, 0.25) is 11.8 Å². The summed E-state index contributed by atoms with van der Waals surface area (Å²) in [4.78, 5) is 34.2.